The highest BCUT2D eigenvalue weighted by Crippen LogP contribution is 2.27. The summed E-state index contributed by atoms with van der Waals surface area (Å²) in [5.41, 5.74) is 2.47. The minimum Gasteiger partial charge on any atom is -0.343 e. The lowest BCUT2D eigenvalue weighted by Crippen LogP contribution is -2.38. The van der Waals surface area contributed by atoms with E-state index in [0.717, 1.165) is 50.5 Å². The number of carbonyl (C=O) groups excluding carboxylic acids is 1. The average molecular weight is 327 g/mol. The summed E-state index contributed by atoms with van der Waals surface area (Å²) in [5, 5.41) is 3.97. The summed E-state index contributed by atoms with van der Waals surface area (Å²) in [6.45, 7) is 5.65. The fourth-order valence-corrected chi connectivity index (χ4v) is 3.12. The Bertz CT molecular complexity index is 670. The molecule has 1 aliphatic rings. The third-order valence-corrected chi connectivity index (χ3v) is 4.75. The van der Waals surface area contributed by atoms with Crippen LogP contribution in [-0.2, 0) is 17.6 Å². The van der Waals surface area contributed by atoms with Crippen molar-refractivity contribution < 1.29 is 9.32 Å². The zero-order valence-corrected chi connectivity index (χ0v) is 14.5. The van der Waals surface area contributed by atoms with E-state index in [4.69, 9.17) is 4.52 Å². The second kappa shape index (κ2) is 7.60. The quantitative estimate of drug-likeness (QED) is 0.845. The Hall–Kier alpha value is -2.17. The third-order valence-electron chi connectivity index (χ3n) is 4.75. The molecule has 0 unspecified atom stereocenters. The molecule has 0 bridgehead atoms. The van der Waals surface area contributed by atoms with Crippen molar-refractivity contribution in [1.29, 1.82) is 0 Å². The van der Waals surface area contributed by atoms with E-state index < -0.39 is 0 Å². The summed E-state index contributed by atoms with van der Waals surface area (Å²) in [6.07, 6.45) is 3.99. The van der Waals surface area contributed by atoms with Gasteiger partial charge in [-0.2, -0.15) is 4.98 Å². The average Bonchev–Trinajstić information content (AvgIpc) is 3.10. The smallest absolute Gasteiger partial charge is 0.229 e. The Morgan fingerprint density at radius 1 is 1.25 bits per heavy atom. The molecule has 0 spiro atoms. The number of aryl methyl sites for hydroxylation is 3. The normalized spacial score (nSPS) is 15.7. The van der Waals surface area contributed by atoms with Gasteiger partial charge in [0.25, 0.3) is 0 Å². The van der Waals surface area contributed by atoms with E-state index in [2.05, 4.69) is 41.3 Å². The van der Waals surface area contributed by atoms with Crippen LogP contribution in [0, 0.1) is 6.92 Å². The van der Waals surface area contributed by atoms with E-state index in [-0.39, 0.29) is 5.91 Å². The molecule has 1 amide bonds. The fraction of sp³-hybridized carbons (Fsp3) is 0.526. The second-order valence-corrected chi connectivity index (χ2v) is 6.54. The number of carbonyl (C=O) groups is 1. The van der Waals surface area contributed by atoms with Crippen molar-refractivity contribution in [3.8, 4) is 0 Å². The third kappa shape index (κ3) is 4.02. The molecule has 1 aromatic carbocycles. The van der Waals surface area contributed by atoms with E-state index in [9.17, 15) is 4.79 Å². The molecule has 5 nitrogen and oxygen atoms in total. The maximum absolute atomic E-state index is 12.4. The van der Waals surface area contributed by atoms with Gasteiger partial charge in [-0.1, -0.05) is 41.9 Å². The van der Waals surface area contributed by atoms with Crippen LogP contribution in [0.2, 0.25) is 0 Å². The Labute approximate surface area is 143 Å². The number of benzene rings is 1. The highest BCUT2D eigenvalue weighted by atomic mass is 16.5. The first-order valence-electron chi connectivity index (χ1n) is 8.81. The molecule has 1 saturated heterocycles. The first kappa shape index (κ1) is 16.7. The molecular formula is C19H25N3O2. The van der Waals surface area contributed by atoms with E-state index in [1.54, 1.807) is 0 Å². The predicted octanol–water partition coefficient (Wildman–Crippen LogP) is 3.28. The minimum absolute atomic E-state index is 0.244. The topological polar surface area (TPSA) is 59.2 Å². The van der Waals surface area contributed by atoms with Crippen molar-refractivity contribution in [2.75, 3.05) is 13.1 Å². The molecule has 0 N–H and O–H groups in total. The Balaban J connectivity index is 1.47. The van der Waals surface area contributed by atoms with Gasteiger partial charge in [0.05, 0.1) is 0 Å². The van der Waals surface area contributed by atoms with Crippen molar-refractivity contribution in [1.82, 2.24) is 15.0 Å². The maximum Gasteiger partial charge on any atom is 0.229 e. The van der Waals surface area contributed by atoms with Crippen LogP contribution in [0.25, 0.3) is 0 Å². The summed E-state index contributed by atoms with van der Waals surface area (Å²) < 4.78 is 5.34. The number of aromatic nitrogens is 2. The number of hydrogen-bond acceptors (Lipinski definition) is 4. The van der Waals surface area contributed by atoms with Crippen LogP contribution in [0.5, 0.6) is 0 Å². The largest absolute Gasteiger partial charge is 0.343 e. The van der Waals surface area contributed by atoms with Crippen molar-refractivity contribution in [2.45, 2.75) is 51.9 Å². The molecule has 0 atom stereocenters. The molecule has 1 aliphatic heterocycles. The van der Waals surface area contributed by atoms with Gasteiger partial charge >= 0.3 is 0 Å². The van der Waals surface area contributed by atoms with Crippen LogP contribution in [0.3, 0.4) is 0 Å². The highest BCUT2D eigenvalue weighted by molar-refractivity contribution is 5.76. The maximum atomic E-state index is 12.4. The van der Waals surface area contributed by atoms with Gasteiger partial charge in [-0.15, -0.1) is 0 Å². The summed E-state index contributed by atoms with van der Waals surface area (Å²) in [7, 11) is 0. The van der Waals surface area contributed by atoms with Gasteiger partial charge in [-0.3, -0.25) is 4.79 Å². The van der Waals surface area contributed by atoms with Crippen LogP contribution in [-0.4, -0.2) is 34.0 Å². The van der Waals surface area contributed by atoms with Crippen LogP contribution in [0.15, 0.2) is 28.8 Å². The first-order valence-corrected chi connectivity index (χ1v) is 8.81. The molecule has 0 radical (unpaired) electrons. The summed E-state index contributed by atoms with van der Waals surface area (Å²) in [4.78, 5) is 18.8. The zero-order chi connectivity index (χ0) is 16.9. The van der Waals surface area contributed by atoms with Crippen molar-refractivity contribution >= 4 is 5.91 Å². The van der Waals surface area contributed by atoms with Crippen LogP contribution in [0.4, 0.5) is 0 Å². The van der Waals surface area contributed by atoms with E-state index in [1.165, 1.54) is 11.1 Å². The number of nitrogens with zero attached hydrogens (tertiary/aromatic N) is 3. The Kier molecular flexibility index (Phi) is 5.28. The van der Waals surface area contributed by atoms with E-state index >= 15 is 0 Å². The number of piperidine rings is 1. The van der Waals surface area contributed by atoms with Gasteiger partial charge < -0.3 is 9.42 Å². The van der Waals surface area contributed by atoms with Crippen molar-refractivity contribution in [2.24, 2.45) is 0 Å². The molecule has 3 rings (SSSR count). The van der Waals surface area contributed by atoms with Gasteiger partial charge in [-0.05, 0) is 31.7 Å². The summed E-state index contributed by atoms with van der Waals surface area (Å²) >= 11 is 0. The Morgan fingerprint density at radius 3 is 2.58 bits per heavy atom. The Morgan fingerprint density at radius 2 is 1.96 bits per heavy atom. The summed E-state index contributed by atoms with van der Waals surface area (Å²) in [5.74, 6) is 2.04. The molecule has 1 aromatic heterocycles. The number of amides is 1. The summed E-state index contributed by atoms with van der Waals surface area (Å²) in [6, 6.07) is 8.41. The second-order valence-electron chi connectivity index (χ2n) is 6.54. The lowest BCUT2D eigenvalue weighted by molar-refractivity contribution is -0.132. The molecule has 2 aromatic rings. The molecule has 2 heterocycles. The van der Waals surface area contributed by atoms with Crippen molar-refractivity contribution in [3.63, 3.8) is 0 Å². The highest BCUT2D eigenvalue weighted by Gasteiger charge is 2.27. The van der Waals surface area contributed by atoms with Crippen LogP contribution >= 0.6 is 0 Å². The van der Waals surface area contributed by atoms with Gasteiger partial charge in [0.1, 0.15) is 0 Å². The molecule has 0 aliphatic carbocycles. The SMILES string of the molecule is CCc1noc(C2CCN(C(=O)CCc3ccc(C)cc3)CC2)n1. The zero-order valence-electron chi connectivity index (χ0n) is 14.5. The van der Waals surface area contributed by atoms with E-state index in [0.29, 0.717) is 12.3 Å². The van der Waals surface area contributed by atoms with Crippen LogP contribution < -0.4 is 0 Å². The van der Waals surface area contributed by atoms with Gasteiger partial charge in [-0.25, -0.2) is 0 Å². The van der Waals surface area contributed by atoms with Gasteiger partial charge in [0.15, 0.2) is 5.82 Å². The molecule has 24 heavy (non-hydrogen) atoms. The predicted molar refractivity (Wildman–Crippen MR) is 91.7 cm³/mol. The lowest BCUT2D eigenvalue weighted by atomic mass is 9.96. The lowest BCUT2D eigenvalue weighted by Gasteiger charge is -2.30. The number of hydrogen-bond donors (Lipinski definition) is 0. The fourth-order valence-electron chi connectivity index (χ4n) is 3.12. The van der Waals surface area contributed by atoms with Crippen LogP contribution in [0.1, 0.15) is 54.9 Å². The molecule has 128 valence electrons. The monoisotopic (exact) mass is 327 g/mol. The molecule has 0 saturated carbocycles. The minimum atomic E-state index is 0.244. The standard InChI is InChI=1S/C19H25N3O2/c1-3-17-20-19(24-21-17)16-10-12-22(13-11-16)18(23)9-8-15-6-4-14(2)5-7-15/h4-7,16H,3,8-13H2,1-2H3. The van der Waals surface area contributed by atoms with E-state index in [1.807, 2.05) is 11.8 Å². The molecular weight excluding hydrogens is 302 g/mol. The first-order chi connectivity index (χ1) is 11.7. The van der Waals surface area contributed by atoms with Crippen molar-refractivity contribution in [3.05, 3.63) is 47.1 Å². The number of likely N-dealkylation sites (tertiary alicyclic amines) is 1. The molecule has 1 fully saturated rings. The number of rotatable bonds is 5. The molecule has 5 heteroatoms. The van der Waals surface area contributed by atoms with Gasteiger partial charge in [0, 0.05) is 31.8 Å². The van der Waals surface area contributed by atoms with Gasteiger partial charge in [0.2, 0.25) is 11.8 Å².